The highest BCUT2D eigenvalue weighted by molar-refractivity contribution is 8.14. The zero-order chi connectivity index (χ0) is 17.5. The van der Waals surface area contributed by atoms with Crippen LogP contribution in [0.2, 0.25) is 0 Å². The second kappa shape index (κ2) is 8.64. The number of thioether (sulfide) groups is 2. The van der Waals surface area contributed by atoms with E-state index in [1.165, 1.54) is 22.2 Å². The highest BCUT2D eigenvalue weighted by Gasteiger charge is 2.07. The Morgan fingerprint density at radius 3 is 2.52 bits per heavy atom. The summed E-state index contributed by atoms with van der Waals surface area (Å²) in [6.45, 7) is 2.06. The Balaban J connectivity index is 1.80. The van der Waals surface area contributed by atoms with Crippen molar-refractivity contribution < 1.29 is 0 Å². The van der Waals surface area contributed by atoms with Crippen molar-refractivity contribution in [1.82, 2.24) is 20.2 Å². The molecule has 3 aromatic rings. The van der Waals surface area contributed by atoms with Crippen LogP contribution in [0.25, 0.3) is 0 Å². The van der Waals surface area contributed by atoms with E-state index in [1.54, 1.807) is 16.4 Å². The van der Waals surface area contributed by atoms with Crippen LogP contribution in [-0.2, 0) is 7.05 Å². The molecule has 5 nitrogen and oxygen atoms in total. The smallest absolute Gasteiger partial charge is 0.215 e. The minimum absolute atomic E-state index is 0.695. The summed E-state index contributed by atoms with van der Waals surface area (Å²) < 4.78 is 1.63. The lowest BCUT2D eigenvalue weighted by atomic mass is 10.2. The minimum Gasteiger partial charge on any atom is -0.242 e. The lowest BCUT2D eigenvalue weighted by Crippen LogP contribution is -1.96. The Hall–Kier alpha value is -2.38. The third-order valence-electron chi connectivity index (χ3n) is 3.21. The first kappa shape index (κ1) is 17.4. The van der Waals surface area contributed by atoms with Crippen molar-refractivity contribution in [1.29, 1.82) is 0 Å². The van der Waals surface area contributed by atoms with Gasteiger partial charge in [0.1, 0.15) is 5.04 Å². The van der Waals surface area contributed by atoms with E-state index in [2.05, 4.69) is 34.6 Å². The van der Waals surface area contributed by atoms with Crippen LogP contribution in [0.5, 0.6) is 0 Å². The quantitative estimate of drug-likeness (QED) is 0.373. The molecule has 1 heterocycles. The van der Waals surface area contributed by atoms with Gasteiger partial charge in [-0.1, -0.05) is 47.7 Å². The van der Waals surface area contributed by atoms with Crippen LogP contribution in [-0.4, -0.2) is 25.3 Å². The van der Waals surface area contributed by atoms with Gasteiger partial charge in [-0.2, -0.15) is 0 Å². The van der Waals surface area contributed by atoms with Crippen molar-refractivity contribution in [3.63, 3.8) is 0 Å². The molecule has 0 atom stereocenters. The van der Waals surface area contributed by atoms with E-state index >= 15 is 0 Å². The van der Waals surface area contributed by atoms with Crippen LogP contribution < -0.4 is 0 Å². The van der Waals surface area contributed by atoms with Gasteiger partial charge >= 0.3 is 0 Å². The third-order valence-corrected chi connectivity index (χ3v) is 4.99. The molecule has 0 aliphatic carbocycles. The molecule has 0 amide bonds. The maximum absolute atomic E-state index is 4.72. The molecule has 0 saturated carbocycles. The molecular weight excluding hydrogens is 350 g/mol. The summed E-state index contributed by atoms with van der Waals surface area (Å²) in [5.74, 6) is 0. The summed E-state index contributed by atoms with van der Waals surface area (Å²) in [6.07, 6.45) is 1.98. The maximum atomic E-state index is 4.72. The first-order valence-corrected chi connectivity index (χ1v) is 9.34. The topological polar surface area (TPSA) is 56.0 Å². The number of aliphatic imine (C=N–C) groups is 1. The molecule has 2 aromatic carbocycles. The number of hydrogen-bond donors (Lipinski definition) is 0. The van der Waals surface area contributed by atoms with E-state index in [9.17, 15) is 0 Å². The zero-order valence-corrected chi connectivity index (χ0v) is 15.5. The molecule has 7 heteroatoms. The van der Waals surface area contributed by atoms with Gasteiger partial charge in [-0.15, -0.1) is 5.10 Å². The molecule has 0 unspecified atom stereocenters. The predicted molar refractivity (Wildman–Crippen MR) is 104 cm³/mol. The SMILES string of the molecule is Cc1ccc(N=C(C=CSc2ccccc2)Sc2nnnn2C)cc1. The molecule has 0 radical (unpaired) electrons. The Kier molecular flexibility index (Phi) is 6.03. The van der Waals surface area contributed by atoms with Crippen molar-refractivity contribution >= 4 is 34.3 Å². The Morgan fingerprint density at radius 1 is 1.08 bits per heavy atom. The molecule has 126 valence electrons. The van der Waals surface area contributed by atoms with E-state index in [4.69, 9.17) is 4.99 Å². The number of rotatable bonds is 5. The molecule has 0 aliphatic rings. The van der Waals surface area contributed by atoms with E-state index in [1.807, 2.05) is 61.0 Å². The lowest BCUT2D eigenvalue weighted by molar-refractivity contribution is 0.665. The van der Waals surface area contributed by atoms with Crippen LogP contribution >= 0.6 is 23.5 Å². The summed E-state index contributed by atoms with van der Waals surface area (Å²) in [7, 11) is 1.81. The normalized spacial score (nSPS) is 12.0. The molecule has 1 aromatic heterocycles. The predicted octanol–water partition coefficient (Wildman–Crippen LogP) is 4.65. The average molecular weight is 368 g/mol. The van der Waals surface area contributed by atoms with E-state index in [-0.39, 0.29) is 0 Å². The molecule has 0 aliphatic heterocycles. The summed E-state index contributed by atoms with van der Waals surface area (Å²) >= 11 is 3.08. The molecule has 0 fully saturated rings. The molecule has 0 spiro atoms. The number of nitrogens with zero attached hydrogens (tertiary/aromatic N) is 5. The first-order chi connectivity index (χ1) is 12.2. The third kappa shape index (κ3) is 5.30. The van der Waals surface area contributed by atoms with Crippen LogP contribution in [0, 0.1) is 6.92 Å². The Bertz CT molecular complexity index is 870. The largest absolute Gasteiger partial charge is 0.242 e. The molecule has 0 saturated heterocycles. The summed E-state index contributed by atoms with van der Waals surface area (Å²) in [4.78, 5) is 5.90. The van der Waals surface area contributed by atoms with E-state index in [0.29, 0.717) is 5.16 Å². The van der Waals surface area contributed by atoms with Crippen molar-refractivity contribution in [3.8, 4) is 0 Å². The standard InChI is InChI=1S/C18H17N5S2/c1-14-8-10-15(11-9-14)19-17(25-18-20-21-22-23(18)2)12-13-24-16-6-4-3-5-7-16/h3-13H,1-2H3. The number of hydrogen-bond acceptors (Lipinski definition) is 6. The van der Waals surface area contributed by atoms with E-state index < -0.39 is 0 Å². The molecule has 0 bridgehead atoms. The van der Waals surface area contributed by atoms with Gasteiger partial charge in [-0.3, -0.25) is 0 Å². The van der Waals surface area contributed by atoms with Gasteiger partial charge in [-0.05, 0) is 64.9 Å². The monoisotopic (exact) mass is 367 g/mol. The lowest BCUT2D eigenvalue weighted by Gasteiger charge is -2.02. The summed E-state index contributed by atoms with van der Waals surface area (Å²) in [6, 6.07) is 18.3. The fraction of sp³-hybridized carbons (Fsp3) is 0.111. The summed E-state index contributed by atoms with van der Waals surface area (Å²) in [5.41, 5.74) is 2.11. The highest BCUT2D eigenvalue weighted by atomic mass is 32.2. The first-order valence-electron chi connectivity index (χ1n) is 7.64. The van der Waals surface area contributed by atoms with Gasteiger partial charge in [0.05, 0.1) is 5.69 Å². The molecule has 25 heavy (non-hydrogen) atoms. The second-order valence-electron chi connectivity index (χ2n) is 5.21. The minimum atomic E-state index is 0.695. The molecule has 3 rings (SSSR count). The second-order valence-corrected chi connectivity index (χ2v) is 7.17. The van der Waals surface area contributed by atoms with Gasteiger partial charge in [0.15, 0.2) is 0 Å². The van der Waals surface area contributed by atoms with Crippen molar-refractivity contribution in [2.75, 3.05) is 0 Å². The van der Waals surface area contributed by atoms with Gasteiger partial charge < -0.3 is 0 Å². The number of tetrazole rings is 1. The van der Waals surface area contributed by atoms with Gasteiger partial charge in [0.25, 0.3) is 0 Å². The molecule has 0 N–H and O–H groups in total. The number of benzene rings is 2. The summed E-state index contributed by atoms with van der Waals surface area (Å²) in [5, 5.41) is 15.1. The zero-order valence-electron chi connectivity index (χ0n) is 13.9. The van der Waals surface area contributed by atoms with Gasteiger partial charge in [0, 0.05) is 11.9 Å². The van der Waals surface area contributed by atoms with Gasteiger partial charge in [-0.25, -0.2) is 9.67 Å². The van der Waals surface area contributed by atoms with Crippen LogP contribution in [0.15, 0.2) is 81.1 Å². The van der Waals surface area contributed by atoms with Crippen molar-refractivity contribution in [3.05, 3.63) is 71.6 Å². The van der Waals surface area contributed by atoms with Gasteiger partial charge in [0.2, 0.25) is 5.16 Å². The maximum Gasteiger partial charge on any atom is 0.215 e. The Morgan fingerprint density at radius 2 is 1.84 bits per heavy atom. The van der Waals surface area contributed by atoms with Crippen LogP contribution in [0.1, 0.15) is 5.56 Å². The van der Waals surface area contributed by atoms with Crippen LogP contribution in [0.4, 0.5) is 5.69 Å². The average Bonchev–Trinajstić information content (AvgIpc) is 3.02. The number of aryl methyl sites for hydroxylation is 2. The fourth-order valence-electron chi connectivity index (χ4n) is 1.91. The van der Waals surface area contributed by atoms with E-state index in [0.717, 1.165) is 10.7 Å². The fourth-order valence-corrected chi connectivity index (χ4v) is 3.39. The van der Waals surface area contributed by atoms with Crippen molar-refractivity contribution in [2.45, 2.75) is 17.0 Å². The molecular formula is C18H17N5S2. The Labute approximate surface area is 155 Å². The van der Waals surface area contributed by atoms with Crippen LogP contribution in [0.3, 0.4) is 0 Å². The number of aromatic nitrogens is 4. The highest BCUT2D eigenvalue weighted by Crippen LogP contribution is 2.24. The van der Waals surface area contributed by atoms with Crippen molar-refractivity contribution in [2.24, 2.45) is 12.0 Å².